The van der Waals surface area contributed by atoms with E-state index in [1.165, 1.54) is 22.9 Å². The van der Waals surface area contributed by atoms with E-state index in [9.17, 15) is 13.6 Å². The number of nitrogens with zero attached hydrogens (tertiary/aromatic N) is 3. The molecule has 128 valence electrons. The van der Waals surface area contributed by atoms with Gasteiger partial charge >= 0.3 is 5.97 Å². The molecule has 0 bridgehead atoms. The molecule has 3 aromatic rings. The number of hydrogen-bond acceptors (Lipinski definition) is 4. The zero-order chi connectivity index (χ0) is 18.0. The lowest BCUT2D eigenvalue weighted by Crippen LogP contribution is -2.09. The van der Waals surface area contributed by atoms with Crippen LogP contribution in [0.5, 0.6) is 0 Å². The first-order valence-corrected chi connectivity index (χ1v) is 7.56. The summed E-state index contributed by atoms with van der Waals surface area (Å²) in [6.45, 7) is 3.06. The van der Waals surface area contributed by atoms with E-state index >= 15 is 0 Å². The van der Waals surface area contributed by atoms with Crippen LogP contribution in [0.3, 0.4) is 0 Å². The SMILES string of the molecule is Cc1ccc(-n2nnc(C(=O)OCc3ccccc3F)c2C)cc1F. The summed E-state index contributed by atoms with van der Waals surface area (Å²) in [5, 5.41) is 7.68. The molecule has 7 heteroatoms. The lowest BCUT2D eigenvalue weighted by molar-refractivity contribution is 0.0461. The number of aromatic nitrogens is 3. The molecule has 2 aromatic carbocycles. The zero-order valence-electron chi connectivity index (χ0n) is 13.7. The van der Waals surface area contributed by atoms with Crippen molar-refractivity contribution in [3.05, 3.63) is 76.6 Å². The number of esters is 1. The van der Waals surface area contributed by atoms with Gasteiger partial charge in [-0.1, -0.05) is 29.5 Å². The van der Waals surface area contributed by atoms with E-state index in [1.54, 1.807) is 38.1 Å². The smallest absolute Gasteiger partial charge is 0.361 e. The summed E-state index contributed by atoms with van der Waals surface area (Å²) < 4.78 is 33.7. The molecule has 3 rings (SSSR count). The van der Waals surface area contributed by atoms with Crippen molar-refractivity contribution >= 4 is 5.97 Å². The minimum absolute atomic E-state index is 0.00248. The van der Waals surface area contributed by atoms with Gasteiger partial charge < -0.3 is 4.74 Å². The largest absolute Gasteiger partial charge is 0.456 e. The lowest BCUT2D eigenvalue weighted by Gasteiger charge is -2.06. The number of benzene rings is 2. The maximum absolute atomic E-state index is 13.7. The van der Waals surface area contributed by atoms with E-state index in [-0.39, 0.29) is 23.7 Å². The van der Waals surface area contributed by atoms with Crippen LogP contribution in [0, 0.1) is 25.5 Å². The monoisotopic (exact) mass is 343 g/mol. The first kappa shape index (κ1) is 16.8. The molecule has 0 N–H and O–H groups in total. The predicted octanol–water partition coefficient (Wildman–Crippen LogP) is 3.52. The van der Waals surface area contributed by atoms with Gasteiger partial charge in [-0.25, -0.2) is 18.3 Å². The molecule has 1 aromatic heterocycles. The normalized spacial score (nSPS) is 10.7. The molecule has 25 heavy (non-hydrogen) atoms. The molecule has 1 heterocycles. The highest BCUT2D eigenvalue weighted by molar-refractivity contribution is 5.88. The minimum Gasteiger partial charge on any atom is -0.456 e. The first-order valence-electron chi connectivity index (χ1n) is 7.56. The Bertz CT molecular complexity index is 938. The third kappa shape index (κ3) is 3.40. The highest BCUT2D eigenvalue weighted by atomic mass is 19.1. The van der Waals surface area contributed by atoms with E-state index in [2.05, 4.69) is 10.3 Å². The zero-order valence-corrected chi connectivity index (χ0v) is 13.7. The Morgan fingerprint density at radius 2 is 1.88 bits per heavy atom. The van der Waals surface area contributed by atoms with Gasteiger partial charge in [0.1, 0.15) is 18.2 Å². The van der Waals surface area contributed by atoms with Crippen molar-refractivity contribution in [1.82, 2.24) is 15.0 Å². The lowest BCUT2D eigenvalue weighted by atomic mass is 10.2. The molecule has 0 aliphatic rings. The van der Waals surface area contributed by atoms with Crippen molar-refractivity contribution < 1.29 is 18.3 Å². The Morgan fingerprint density at radius 1 is 1.12 bits per heavy atom. The molecule has 0 aliphatic heterocycles. The van der Waals surface area contributed by atoms with E-state index in [1.807, 2.05) is 0 Å². The predicted molar refractivity (Wildman–Crippen MR) is 86.3 cm³/mol. The molecular weight excluding hydrogens is 328 g/mol. The van der Waals surface area contributed by atoms with Gasteiger partial charge in [0.05, 0.1) is 11.4 Å². The number of ether oxygens (including phenoxy) is 1. The molecule has 0 aliphatic carbocycles. The van der Waals surface area contributed by atoms with Gasteiger partial charge in [-0.2, -0.15) is 0 Å². The number of aryl methyl sites for hydroxylation is 1. The number of carbonyl (C=O) groups is 1. The van der Waals surface area contributed by atoms with Crippen LogP contribution in [0.25, 0.3) is 5.69 Å². The average Bonchev–Trinajstić information content (AvgIpc) is 2.98. The maximum Gasteiger partial charge on any atom is 0.361 e. The number of rotatable bonds is 4. The van der Waals surface area contributed by atoms with E-state index in [0.29, 0.717) is 16.9 Å². The highest BCUT2D eigenvalue weighted by Crippen LogP contribution is 2.17. The number of halogens is 2. The summed E-state index contributed by atoms with van der Waals surface area (Å²) in [7, 11) is 0. The molecule has 0 atom stereocenters. The van der Waals surface area contributed by atoms with Crippen LogP contribution in [0.2, 0.25) is 0 Å². The average molecular weight is 343 g/mol. The summed E-state index contributed by atoms with van der Waals surface area (Å²) in [6, 6.07) is 10.6. The molecule has 0 saturated carbocycles. The third-order valence-corrected chi connectivity index (χ3v) is 3.80. The van der Waals surface area contributed by atoms with Crippen LogP contribution in [-0.2, 0) is 11.3 Å². The minimum atomic E-state index is -0.723. The van der Waals surface area contributed by atoms with Gasteiger partial charge in [0.2, 0.25) is 0 Å². The van der Waals surface area contributed by atoms with Crippen molar-refractivity contribution in [1.29, 1.82) is 0 Å². The van der Waals surface area contributed by atoms with Gasteiger partial charge in [0.25, 0.3) is 0 Å². The van der Waals surface area contributed by atoms with Gasteiger partial charge in [-0.15, -0.1) is 5.10 Å². The van der Waals surface area contributed by atoms with Gasteiger partial charge in [0, 0.05) is 5.56 Å². The summed E-state index contributed by atoms with van der Waals surface area (Å²) in [6.07, 6.45) is 0. The summed E-state index contributed by atoms with van der Waals surface area (Å²) in [4.78, 5) is 12.2. The van der Waals surface area contributed by atoms with Crippen LogP contribution in [0.15, 0.2) is 42.5 Å². The van der Waals surface area contributed by atoms with E-state index < -0.39 is 11.8 Å². The second kappa shape index (κ2) is 6.80. The fourth-order valence-electron chi connectivity index (χ4n) is 2.30. The molecule has 5 nitrogen and oxygen atoms in total. The Morgan fingerprint density at radius 3 is 2.60 bits per heavy atom. The van der Waals surface area contributed by atoms with Gasteiger partial charge in [-0.3, -0.25) is 0 Å². The van der Waals surface area contributed by atoms with Crippen molar-refractivity contribution in [3.8, 4) is 5.69 Å². The fraction of sp³-hybridized carbons (Fsp3) is 0.167. The molecule has 0 fully saturated rings. The van der Waals surface area contributed by atoms with Gasteiger partial charge in [-0.05, 0) is 37.6 Å². The van der Waals surface area contributed by atoms with Crippen LogP contribution in [0.1, 0.15) is 27.3 Å². The van der Waals surface area contributed by atoms with E-state index in [4.69, 9.17) is 4.74 Å². The Kier molecular flexibility index (Phi) is 4.56. The topological polar surface area (TPSA) is 57.0 Å². The second-order valence-corrected chi connectivity index (χ2v) is 5.54. The molecular formula is C18H15F2N3O2. The highest BCUT2D eigenvalue weighted by Gasteiger charge is 2.19. The van der Waals surface area contributed by atoms with Crippen LogP contribution < -0.4 is 0 Å². The number of hydrogen-bond donors (Lipinski definition) is 0. The molecule has 0 saturated heterocycles. The molecule has 0 spiro atoms. The first-order chi connectivity index (χ1) is 12.0. The second-order valence-electron chi connectivity index (χ2n) is 5.54. The van der Waals surface area contributed by atoms with E-state index in [0.717, 1.165) is 0 Å². The Hall–Kier alpha value is -3.09. The Labute approximate surface area is 142 Å². The third-order valence-electron chi connectivity index (χ3n) is 3.80. The molecule has 0 unspecified atom stereocenters. The quantitative estimate of drug-likeness (QED) is 0.680. The van der Waals surface area contributed by atoms with Gasteiger partial charge in [0.15, 0.2) is 5.69 Å². The Balaban J connectivity index is 1.79. The standard InChI is InChI=1S/C18H15F2N3O2/c1-11-7-8-14(9-16(11)20)23-12(2)17(21-22-23)18(24)25-10-13-5-3-4-6-15(13)19/h3-9H,10H2,1-2H3. The van der Waals surface area contributed by atoms with Crippen molar-refractivity contribution in [2.24, 2.45) is 0 Å². The molecule has 0 radical (unpaired) electrons. The summed E-state index contributed by atoms with van der Waals surface area (Å²) in [5.41, 5.74) is 1.62. The van der Waals surface area contributed by atoms with Crippen LogP contribution >= 0.6 is 0 Å². The van der Waals surface area contributed by atoms with Crippen LogP contribution in [-0.4, -0.2) is 21.0 Å². The van der Waals surface area contributed by atoms with Crippen LogP contribution in [0.4, 0.5) is 8.78 Å². The summed E-state index contributed by atoms with van der Waals surface area (Å²) in [5.74, 6) is -1.55. The molecule has 0 amide bonds. The number of carbonyl (C=O) groups excluding carboxylic acids is 1. The summed E-state index contributed by atoms with van der Waals surface area (Å²) >= 11 is 0. The van der Waals surface area contributed by atoms with Crippen molar-refractivity contribution in [3.63, 3.8) is 0 Å². The fourth-order valence-corrected chi connectivity index (χ4v) is 2.30. The maximum atomic E-state index is 13.7. The van der Waals surface area contributed by atoms with Crippen molar-refractivity contribution in [2.75, 3.05) is 0 Å². The van der Waals surface area contributed by atoms with Crippen molar-refractivity contribution in [2.45, 2.75) is 20.5 Å².